The Morgan fingerprint density at radius 3 is 2.78 bits per heavy atom. The molecule has 0 aliphatic heterocycles. The molecule has 0 radical (unpaired) electrons. The van der Waals surface area contributed by atoms with Crippen LogP contribution >= 0.6 is 0 Å². The van der Waals surface area contributed by atoms with Gasteiger partial charge in [0.05, 0.1) is 5.54 Å². The minimum Gasteiger partial charge on any atom is -0.399 e. The van der Waals surface area contributed by atoms with Crippen LogP contribution in [-0.4, -0.2) is 19.1 Å². The third-order valence-electron chi connectivity index (χ3n) is 3.21. The van der Waals surface area contributed by atoms with Gasteiger partial charge in [-0.3, -0.25) is 0 Å². The average Bonchev–Trinajstić information content (AvgIpc) is 3.10. The van der Waals surface area contributed by atoms with Crippen LogP contribution in [0.5, 0.6) is 0 Å². The van der Waals surface area contributed by atoms with Gasteiger partial charge in [0.25, 0.3) is 0 Å². The number of nitrogens with two attached hydrogens (primary N) is 2. The summed E-state index contributed by atoms with van der Waals surface area (Å²) in [5, 5.41) is 5.83. The van der Waals surface area contributed by atoms with Gasteiger partial charge in [0.1, 0.15) is 0 Å². The van der Waals surface area contributed by atoms with Crippen LogP contribution in [0.15, 0.2) is 24.3 Å². The number of anilines is 1. The number of urea groups is 1. The van der Waals surface area contributed by atoms with Crippen molar-refractivity contribution in [2.45, 2.75) is 24.8 Å². The zero-order valence-electron chi connectivity index (χ0n) is 10.4. The van der Waals surface area contributed by atoms with Gasteiger partial charge in [-0.05, 0) is 43.5 Å². The second-order valence-electron chi connectivity index (χ2n) is 4.73. The summed E-state index contributed by atoms with van der Waals surface area (Å²) in [6.07, 6.45) is 2.71. The number of carbonyl (C=O) groups excluding carboxylic acids is 1. The molecule has 5 heteroatoms. The first-order chi connectivity index (χ1) is 8.66. The molecular weight excluding hydrogens is 228 g/mol. The van der Waals surface area contributed by atoms with Gasteiger partial charge in [-0.1, -0.05) is 12.1 Å². The minimum absolute atomic E-state index is 0.136. The maximum atomic E-state index is 11.7. The van der Waals surface area contributed by atoms with Crippen LogP contribution in [0.4, 0.5) is 10.5 Å². The van der Waals surface area contributed by atoms with E-state index in [1.807, 2.05) is 24.3 Å². The number of hydrogen-bond donors (Lipinski definition) is 4. The summed E-state index contributed by atoms with van der Waals surface area (Å²) in [5.41, 5.74) is 12.7. The van der Waals surface area contributed by atoms with E-state index in [9.17, 15) is 4.79 Å². The molecule has 1 aromatic carbocycles. The van der Waals surface area contributed by atoms with Gasteiger partial charge in [0.2, 0.25) is 0 Å². The molecule has 0 saturated heterocycles. The van der Waals surface area contributed by atoms with E-state index in [1.165, 1.54) is 0 Å². The molecule has 0 spiro atoms. The van der Waals surface area contributed by atoms with E-state index < -0.39 is 0 Å². The minimum atomic E-state index is -0.220. The van der Waals surface area contributed by atoms with E-state index in [0.717, 1.165) is 30.5 Å². The summed E-state index contributed by atoms with van der Waals surface area (Å²) < 4.78 is 0. The van der Waals surface area contributed by atoms with Crippen molar-refractivity contribution in [2.75, 3.05) is 18.8 Å². The molecule has 0 unspecified atom stereocenters. The number of nitrogen functional groups attached to an aromatic ring is 1. The molecule has 1 aliphatic rings. The van der Waals surface area contributed by atoms with E-state index in [-0.39, 0.29) is 11.6 Å². The molecule has 98 valence electrons. The highest BCUT2D eigenvalue weighted by Crippen LogP contribution is 2.45. The van der Waals surface area contributed by atoms with E-state index >= 15 is 0 Å². The highest BCUT2D eigenvalue weighted by atomic mass is 16.2. The highest BCUT2D eigenvalue weighted by Gasteiger charge is 2.45. The molecule has 0 heterocycles. The first-order valence-electron chi connectivity index (χ1n) is 6.28. The highest BCUT2D eigenvalue weighted by molar-refractivity contribution is 5.75. The molecule has 5 nitrogen and oxygen atoms in total. The van der Waals surface area contributed by atoms with Gasteiger partial charge < -0.3 is 22.1 Å². The second-order valence-corrected chi connectivity index (χ2v) is 4.73. The van der Waals surface area contributed by atoms with Gasteiger partial charge in [0.15, 0.2) is 0 Å². The third-order valence-corrected chi connectivity index (χ3v) is 3.21. The molecule has 1 fully saturated rings. The van der Waals surface area contributed by atoms with E-state index in [0.29, 0.717) is 13.1 Å². The summed E-state index contributed by atoms with van der Waals surface area (Å²) >= 11 is 0. The van der Waals surface area contributed by atoms with Gasteiger partial charge in [-0.25, -0.2) is 4.79 Å². The van der Waals surface area contributed by atoms with Crippen molar-refractivity contribution < 1.29 is 4.79 Å². The fraction of sp³-hybridized carbons (Fsp3) is 0.462. The Hall–Kier alpha value is -1.75. The number of carbonyl (C=O) groups is 1. The quantitative estimate of drug-likeness (QED) is 0.461. The lowest BCUT2D eigenvalue weighted by molar-refractivity contribution is 0.235. The largest absolute Gasteiger partial charge is 0.399 e. The van der Waals surface area contributed by atoms with E-state index in [2.05, 4.69) is 10.6 Å². The molecule has 0 aromatic heterocycles. The summed E-state index contributed by atoms with van der Waals surface area (Å²) in [6, 6.07) is 7.56. The molecule has 1 saturated carbocycles. The smallest absolute Gasteiger partial charge is 0.315 e. The maximum Gasteiger partial charge on any atom is 0.315 e. The van der Waals surface area contributed by atoms with Crippen molar-refractivity contribution in [3.8, 4) is 0 Å². The Morgan fingerprint density at radius 1 is 1.39 bits per heavy atom. The molecule has 0 bridgehead atoms. The number of hydrogen-bond acceptors (Lipinski definition) is 3. The van der Waals surface area contributed by atoms with E-state index in [4.69, 9.17) is 11.5 Å². The second kappa shape index (κ2) is 5.27. The van der Waals surface area contributed by atoms with Crippen LogP contribution in [0.2, 0.25) is 0 Å². The van der Waals surface area contributed by atoms with Crippen molar-refractivity contribution in [3.63, 3.8) is 0 Å². The van der Waals surface area contributed by atoms with Gasteiger partial charge in [-0.2, -0.15) is 0 Å². The van der Waals surface area contributed by atoms with Crippen molar-refractivity contribution in [2.24, 2.45) is 5.73 Å². The molecule has 2 rings (SSSR count). The average molecular weight is 248 g/mol. The fourth-order valence-corrected chi connectivity index (χ4v) is 2.01. The first kappa shape index (κ1) is 12.7. The van der Waals surface area contributed by atoms with Gasteiger partial charge >= 0.3 is 6.03 Å². The normalized spacial score (nSPS) is 16.1. The molecule has 0 atom stereocenters. The number of rotatable bonds is 5. The molecule has 6 N–H and O–H groups in total. The van der Waals surface area contributed by atoms with Crippen LogP contribution in [0.3, 0.4) is 0 Å². The maximum absolute atomic E-state index is 11.7. The van der Waals surface area contributed by atoms with Crippen molar-refractivity contribution in [1.82, 2.24) is 10.6 Å². The first-order valence-corrected chi connectivity index (χ1v) is 6.28. The Morgan fingerprint density at radius 2 is 2.17 bits per heavy atom. The zero-order chi connectivity index (χ0) is 13.0. The molecule has 18 heavy (non-hydrogen) atoms. The monoisotopic (exact) mass is 248 g/mol. The topological polar surface area (TPSA) is 93.2 Å². The van der Waals surface area contributed by atoms with Crippen LogP contribution in [0, 0.1) is 0 Å². The van der Waals surface area contributed by atoms with Crippen LogP contribution in [-0.2, 0) is 5.54 Å². The lowest BCUT2D eigenvalue weighted by Gasteiger charge is -2.18. The Kier molecular flexibility index (Phi) is 3.72. The molecule has 1 aromatic rings. The Labute approximate surface area is 107 Å². The SMILES string of the molecule is NCCCNC(=O)NC1(c2cccc(N)c2)CC1. The Balaban J connectivity index is 1.94. The van der Waals surface area contributed by atoms with Crippen molar-refractivity contribution in [1.29, 1.82) is 0 Å². The summed E-state index contributed by atoms with van der Waals surface area (Å²) in [6.45, 7) is 1.19. The molecule has 2 amide bonds. The number of nitrogens with one attached hydrogen (secondary N) is 2. The van der Waals surface area contributed by atoms with Crippen molar-refractivity contribution >= 4 is 11.7 Å². The fourth-order valence-electron chi connectivity index (χ4n) is 2.01. The van der Waals surface area contributed by atoms with Gasteiger partial charge in [-0.15, -0.1) is 0 Å². The Bertz CT molecular complexity index is 429. The number of amides is 2. The lowest BCUT2D eigenvalue weighted by Crippen LogP contribution is -2.42. The predicted molar refractivity (Wildman–Crippen MR) is 72.0 cm³/mol. The van der Waals surface area contributed by atoms with E-state index in [1.54, 1.807) is 0 Å². The van der Waals surface area contributed by atoms with Crippen LogP contribution in [0.1, 0.15) is 24.8 Å². The van der Waals surface area contributed by atoms with Gasteiger partial charge in [0, 0.05) is 12.2 Å². The number of benzene rings is 1. The van der Waals surface area contributed by atoms with Crippen molar-refractivity contribution in [3.05, 3.63) is 29.8 Å². The van der Waals surface area contributed by atoms with Crippen LogP contribution < -0.4 is 22.1 Å². The molecular formula is C13H20N4O. The lowest BCUT2D eigenvalue weighted by atomic mass is 10.0. The summed E-state index contributed by atoms with van der Waals surface area (Å²) in [7, 11) is 0. The standard InChI is InChI=1S/C13H20N4O/c14-7-2-8-16-12(18)17-13(5-6-13)10-3-1-4-11(15)9-10/h1,3-4,9H,2,5-8,14-15H2,(H2,16,17,18). The summed E-state index contributed by atoms with van der Waals surface area (Å²) in [5.74, 6) is 0. The predicted octanol–water partition coefficient (Wildman–Crippen LogP) is 0.906. The molecule has 1 aliphatic carbocycles. The van der Waals surface area contributed by atoms with Crippen LogP contribution in [0.25, 0.3) is 0 Å². The zero-order valence-corrected chi connectivity index (χ0v) is 10.4. The summed E-state index contributed by atoms with van der Waals surface area (Å²) in [4.78, 5) is 11.7. The third kappa shape index (κ3) is 2.92.